The predicted molar refractivity (Wildman–Crippen MR) is 164 cm³/mol. The van der Waals surface area contributed by atoms with Crippen molar-refractivity contribution in [3.63, 3.8) is 0 Å². The molecule has 0 N–H and O–H groups in total. The Labute approximate surface area is 247 Å². The molecule has 212 valence electrons. The molecular weight excluding hydrogens is 557 g/mol. The van der Waals surface area contributed by atoms with Crippen LogP contribution in [-0.4, -0.2) is 38.4 Å². The van der Waals surface area contributed by atoms with Crippen LogP contribution in [-0.2, 0) is 16.1 Å². The molecule has 0 atom stereocenters. The summed E-state index contributed by atoms with van der Waals surface area (Å²) in [7, 11) is 1.68. The van der Waals surface area contributed by atoms with Crippen molar-refractivity contribution in [2.45, 2.75) is 32.8 Å². The molecule has 12 heteroatoms. The second-order valence-electron chi connectivity index (χ2n) is 9.41. The Morgan fingerprint density at radius 3 is 2.32 bits per heavy atom. The number of anilines is 1. The SMILES string of the molecule is COCCCOCc1csc(/N=N/c2ccc(/N=N/c3ccc(/N=N/c4ccc(N5CCCC5)s4)cc3C)cc2)n1. The van der Waals surface area contributed by atoms with E-state index in [0.29, 0.717) is 30.6 Å². The third kappa shape index (κ3) is 8.64. The quantitative estimate of drug-likeness (QED) is 0.114. The molecular formula is C29H32N8O2S2. The lowest BCUT2D eigenvalue weighted by molar-refractivity contribution is 0.0913. The largest absolute Gasteiger partial charge is 0.385 e. The molecule has 0 bridgehead atoms. The van der Waals surface area contributed by atoms with Gasteiger partial charge >= 0.3 is 0 Å². The highest BCUT2D eigenvalue weighted by Gasteiger charge is 2.14. The number of methoxy groups -OCH3 is 1. The molecule has 0 amide bonds. The average molecular weight is 589 g/mol. The highest BCUT2D eigenvalue weighted by Crippen LogP contribution is 2.35. The minimum absolute atomic E-state index is 0.455. The maximum atomic E-state index is 5.58. The minimum Gasteiger partial charge on any atom is -0.385 e. The number of nitrogens with zero attached hydrogens (tertiary/aromatic N) is 8. The van der Waals surface area contributed by atoms with E-state index in [-0.39, 0.29) is 0 Å². The van der Waals surface area contributed by atoms with Crippen LogP contribution in [0.3, 0.4) is 0 Å². The van der Waals surface area contributed by atoms with E-state index in [1.807, 2.05) is 60.8 Å². The van der Waals surface area contributed by atoms with E-state index in [9.17, 15) is 0 Å². The lowest BCUT2D eigenvalue weighted by Gasteiger charge is -2.13. The molecule has 5 rings (SSSR count). The molecule has 1 fully saturated rings. The first-order valence-electron chi connectivity index (χ1n) is 13.5. The van der Waals surface area contributed by atoms with Crippen LogP contribution in [0.4, 0.5) is 37.9 Å². The Morgan fingerprint density at radius 2 is 1.56 bits per heavy atom. The number of thiazole rings is 1. The zero-order valence-corrected chi connectivity index (χ0v) is 24.8. The number of ether oxygens (including phenoxy) is 2. The van der Waals surface area contributed by atoms with Crippen molar-refractivity contribution in [2.75, 3.05) is 38.3 Å². The van der Waals surface area contributed by atoms with Gasteiger partial charge in [0.2, 0.25) is 5.13 Å². The molecule has 1 aliphatic rings. The van der Waals surface area contributed by atoms with Crippen molar-refractivity contribution in [3.05, 3.63) is 71.2 Å². The fourth-order valence-electron chi connectivity index (χ4n) is 4.09. The summed E-state index contributed by atoms with van der Waals surface area (Å²) in [5, 5.41) is 30.9. The molecule has 10 nitrogen and oxygen atoms in total. The van der Waals surface area contributed by atoms with Gasteiger partial charge in [-0.1, -0.05) is 11.3 Å². The standard InChI is InChI=1S/C29H32N8O2S2/c1-21-18-24(33-35-27-12-13-28(41-27)37-14-3-4-15-37)10-11-26(21)34-31-22-6-8-23(9-7-22)32-36-29-30-25(20-40-29)19-39-17-5-16-38-2/h6-13,18,20H,3-5,14-17,19H2,1-2H3/b34-31+,35-33+,36-32+. The number of aromatic nitrogens is 1. The normalized spacial score (nSPS) is 14.0. The van der Waals surface area contributed by atoms with Crippen LogP contribution in [0, 0.1) is 6.92 Å². The lowest BCUT2D eigenvalue weighted by atomic mass is 10.2. The maximum Gasteiger partial charge on any atom is 0.230 e. The fraction of sp³-hybridized carbons (Fsp3) is 0.345. The molecule has 3 heterocycles. The van der Waals surface area contributed by atoms with E-state index in [1.165, 1.54) is 29.2 Å². The number of thiophene rings is 1. The van der Waals surface area contributed by atoms with Gasteiger partial charge in [-0.3, -0.25) is 0 Å². The topological polar surface area (TPSA) is 109 Å². The number of hydrogen-bond acceptors (Lipinski definition) is 12. The minimum atomic E-state index is 0.455. The summed E-state index contributed by atoms with van der Waals surface area (Å²) in [6.07, 6.45) is 3.38. The van der Waals surface area contributed by atoms with Gasteiger partial charge in [-0.25, -0.2) is 4.98 Å². The maximum absolute atomic E-state index is 5.58. The first-order chi connectivity index (χ1) is 20.2. The van der Waals surface area contributed by atoms with Crippen LogP contribution < -0.4 is 4.90 Å². The van der Waals surface area contributed by atoms with Gasteiger partial charge in [0.05, 0.1) is 40.1 Å². The number of rotatable bonds is 13. The van der Waals surface area contributed by atoms with Crippen LogP contribution >= 0.6 is 22.7 Å². The number of aryl methyl sites for hydroxylation is 1. The van der Waals surface area contributed by atoms with E-state index >= 15 is 0 Å². The van der Waals surface area contributed by atoms with Crippen molar-refractivity contribution in [1.82, 2.24) is 4.98 Å². The summed E-state index contributed by atoms with van der Waals surface area (Å²) in [5.41, 5.74) is 4.82. The van der Waals surface area contributed by atoms with E-state index in [1.54, 1.807) is 18.4 Å². The van der Waals surface area contributed by atoms with E-state index in [4.69, 9.17) is 9.47 Å². The third-order valence-electron chi connectivity index (χ3n) is 6.24. The Bertz CT molecular complexity index is 1490. The highest BCUT2D eigenvalue weighted by molar-refractivity contribution is 7.19. The number of azo groups is 3. The summed E-state index contributed by atoms with van der Waals surface area (Å²) in [4.78, 5) is 6.85. The monoisotopic (exact) mass is 588 g/mol. The van der Waals surface area contributed by atoms with Crippen LogP contribution in [0.5, 0.6) is 0 Å². The fourth-order valence-corrected chi connectivity index (χ4v) is 5.59. The molecule has 0 aliphatic carbocycles. The molecule has 1 aliphatic heterocycles. The molecule has 0 unspecified atom stereocenters. The zero-order chi connectivity index (χ0) is 28.3. The van der Waals surface area contributed by atoms with Gasteiger partial charge in [-0.05, 0) is 86.3 Å². The second kappa shape index (κ2) is 14.8. The van der Waals surface area contributed by atoms with Crippen LogP contribution in [0.1, 0.15) is 30.5 Å². The summed E-state index contributed by atoms with van der Waals surface area (Å²) in [6, 6.07) is 17.4. The van der Waals surface area contributed by atoms with Gasteiger partial charge in [-0.2, -0.15) is 10.2 Å². The molecule has 2 aromatic carbocycles. The molecule has 2 aromatic heterocycles. The van der Waals surface area contributed by atoms with Crippen molar-refractivity contribution < 1.29 is 9.47 Å². The van der Waals surface area contributed by atoms with E-state index in [2.05, 4.69) is 46.6 Å². The molecule has 0 radical (unpaired) electrons. The van der Waals surface area contributed by atoms with Crippen LogP contribution in [0.25, 0.3) is 0 Å². The number of hydrogen-bond donors (Lipinski definition) is 0. The first kappa shape index (κ1) is 28.8. The highest BCUT2D eigenvalue weighted by atomic mass is 32.1. The average Bonchev–Trinajstić information content (AvgIpc) is 3.77. The third-order valence-corrected chi connectivity index (χ3v) is 8.04. The predicted octanol–water partition coefficient (Wildman–Crippen LogP) is 9.91. The van der Waals surface area contributed by atoms with Crippen molar-refractivity contribution in [2.24, 2.45) is 30.7 Å². The Kier molecular flexibility index (Phi) is 10.4. The molecule has 41 heavy (non-hydrogen) atoms. The van der Waals surface area contributed by atoms with Gasteiger partial charge in [0.1, 0.15) is 5.00 Å². The summed E-state index contributed by atoms with van der Waals surface area (Å²) in [6.45, 7) is 6.03. The van der Waals surface area contributed by atoms with Gasteiger partial charge in [0, 0.05) is 38.8 Å². The first-order valence-corrected chi connectivity index (χ1v) is 15.2. The van der Waals surface area contributed by atoms with Gasteiger partial charge in [-0.15, -0.1) is 31.8 Å². The Morgan fingerprint density at radius 1 is 0.829 bits per heavy atom. The molecule has 4 aromatic rings. The second-order valence-corrected chi connectivity index (χ2v) is 11.3. The Balaban J connectivity index is 1.12. The summed E-state index contributed by atoms with van der Waals surface area (Å²) < 4.78 is 10.6. The van der Waals surface area contributed by atoms with Crippen LogP contribution in [0.2, 0.25) is 0 Å². The van der Waals surface area contributed by atoms with E-state index in [0.717, 1.165) is 52.8 Å². The van der Waals surface area contributed by atoms with Gasteiger partial charge in [0.25, 0.3) is 0 Å². The Hall–Kier alpha value is -3.71. The number of benzene rings is 2. The molecule has 0 spiro atoms. The van der Waals surface area contributed by atoms with Crippen molar-refractivity contribution in [1.29, 1.82) is 0 Å². The molecule has 0 saturated carbocycles. The smallest absolute Gasteiger partial charge is 0.230 e. The summed E-state index contributed by atoms with van der Waals surface area (Å²) in [5.74, 6) is 0. The van der Waals surface area contributed by atoms with Gasteiger partial charge in [0.15, 0.2) is 0 Å². The van der Waals surface area contributed by atoms with E-state index < -0.39 is 0 Å². The van der Waals surface area contributed by atoms with Crippen molar-refractivity contribution >= 4 is 60.6 Å². The lowest BCUT2D eigenvalue weighted by Crippen LogP contribution is -2.15. The molecule has 1 saturated heterocycles. The zero-order valence-electron chi connectivity index (χ0n) is 23.1. The van der Waals surface area contributed by atoms with Gasteiger partial charge < -0.3 is 14.4 Å². The summed E-state index contributed by atoms with van der Waals surface area (Å²) >= 11 is 3.11. The van der Waals surface area contributed by atoms with Crippen LogP contribution in [0.15, 0.2) is 90.7 Å². The van der Waals surface area contributed by atoms with Crippen molar-refractivity contribution in [3.8, 4) is 0 Å².